The molecule has 33 heavy (non-hydrogen) atoms. The predicted octanol–water partition coefficient (Wildman–Crippen LogP) is 4.03. The zero-order valence-corrected chi connectivity index (χ0v) is 21.4. The average Bonchev–Trinajstić information content (AvgIpc) is 3.33. The van der Waals surface area contributed by atoms with Crippen molar-refractivity contribution in [1.29, 1.82) is 0 Å². The first-order chi connectivity index (χ1) is 15.9. The number of rotatable bonds is 8. The van der Waals surface area contributed by atoms with E-state index in [1.165, 1.54) is 15.9 Å². The summed E-state index contributed by atoms with van der Waals surface area (Å²) in [4.78, 5) is 0. The normalized spacial score (nSPS) is 27.0. The first kappa shape index (κ1) is 24.2. The third-order valence-electron chi connectivity index (χ3n) is 6.15. The molecule has 0 amide bonds. The molecule has 0 aromatic heterocycles. The number of hydrogen-bond acceptors (Lipinski definition) is 4. The smallest absolute Gasteiger partial charge is 0.163 e. The van der Waals surface area contributed by atoms with Crippen LogP contribution in [0.1, 0.15) is 40.2 Å². The van der Waals surface area contributed by atoms with Gasteiger partial charge in [-0.05, 0) is 44.7 Å². The Morgan fingerprint density at radius 3 is 2.55 bits per heavy atom. The second kappa shape index (κ2) is 10.6. The zero-order valence-electron chi connectivity index (χ0n) is 20.4. The predicted molar refractivity (Wildman–Crippen MR) is 134 cm³/mol. The fourth-order valence-corrected chi connectivity index (χ4v) is 5.92. The van der Waals surface area contributed by atoms with Crippen molar-refractivity contribution in [3.05, 3.63) is 66.2 Å². The maximum Gasteiger partial charge on any atom is 0.163 e. The highest BCUT2D eigenvalue weighted by atomic mass is 28.2. The fraction of sp³-hybridized carbons (Fsp3) is 0.500. The van der Waals surface area contributed by atoms with Gasteiger partial charge in [0.15, 0.2) is 5.79 Å². The molecule has 0 aliphatic carbocycles. The fourth-order valence-electron chi connectivity index (χ4n) is 4.69. The number of ether oxygens (including phenoxy) is 4. The molecule has 176 valence electrons. The molecule has 0 saturated carbocycles. The largest absolute Gasteiger partial charge is 0.487 e. The molecule has 2 radical (unpaired) electrons. The lowest BCUT2D eigenvalue weighted by Gasteiger charge is -2.26. The molecule has 0 N–H and O–H groups in total. The summed E-state index contributed by atoms with van der Waals surface area (Å²) in [7, 11) is 0.610. The second-order valence-electron chi connectivity index (χ2n) is 9.80. The second-order valence-corrected chi connectivity index (χ2v) is 11.2. The molecule has 2 aliphatic heterocycles. The van der Waals surface area contributed by atoms with E-state index in [-0.39, 0.29) is 24.2 Å². The van der Waals surface area contributed by atoms with Gasteiger partial charge in [0.1, 0.15) is 27.5 Å². The van der Waals surface area contributed by atoms with Gasteiger partial charge in [-0.15, -0.1) is 0 Å². The quantitative estimate of drug-likeness (QED) is 0.437. The molecular weight excluding hydrogens is 428 g/mol. The minimum absolute atomic E-state index is 0.0558. The molecule has 2 fully saturated rings. The van der Waals surface area contributed by atoms with E-state index in [0.29, 0.717) is 28.7 Å². The molecule has 4 rings (SSSR count). The number of benzene rings is 2. The van der Waals surface area contributed by atoms with E-state index in [2.05, 4.69) is 74.5 Å². The van der Waals surface area contributed by atoms with Crippen LogP contribution in [0.4, 0.5) is 0 Å². The summed E-state index contributed by atoms with van der Waals surface area (Å²) in [5.74, 6) is 1.08. The Balaban J connectivity index is 1.57. The lowest BCUT2D eigenvalue weighted by Crippen LogP contribution is -2.38. The van der Waals surface area contributed by atoms with Gasteiger partial charge in [0.25, 0.3) is 0 Å². The van der Waals surface area contributed by atoms with Gasteiger partial charge < -0.3 is 18.9 Å². The maximum absolute atomic E-state index is 6.72. The van der Waals surface area contributed by atoms with E-state index >= 15 is 0 Å². The molecule has 2 aromatic rings. The van der Waals surface area contributed by atoms with Crippen LogP contribution in [0.15, 0.2) is 60.7 Å². The van der Waals surface area contributed by atoms with Crippen LogP contribution in [0.3, 0.4) is 0 Å². The summed E-state index contributed by atoms with van der Waals surface area (Å²) < 4.78 is 24.9. The molecule has 2 heterocycles. The van der Waals surface area contributed by atoms with Crippen molar-refractivity contribution >= 4 is 19.9 Å². The molecule has 0 unspecified atom stereocenters. The molecular formula is C28H36O4Si. The summed E-state index contributed by atoms with van der Waals surface area (Å²) in [6.07, 6.45) is 5.07. The minimum Gasteiger partial charge on any atom is -0.487 e. The highest BCUT2D eigenvalue weighted by molar-refractivity contribution is 6.67. The molecule has 0 bridgehead atoms. The molecule has 2 aromatic carbocycles. The van der Waals surface area contributed by atoms with Crippen molar-refractivity contribution < 1.29 is 18.9 Å². The van der Waals surface area contributed by atoms with Gasteiger partial charge in [0.2, 0.25) is 0 Å². The van der Waals surface area contributed by atoms with Gasteiger partial charge >= 0.3 is 0 Å². The zero-order chi connectivity index (χ0) is 23.4. The Kier molecular flexibility index (Phi) is 7.75. The number of hydrogen-bond donors (Lipinski definition) is 0. The van der Waals surface area contributed by atoms with Crippen LogP contribution in [-0.4, -0.2) is 46.8 Å². The molecule has 2 saturated heterocycles. The lowest BCUT2D eigenvalue weighted by molar-refractivity contribution is -0.153. The standard InChI is InChI=1S/C28H36O4Si/c1-6-11-21-24(17-29-27(21)25-18-30-28(4,5)32-25)31-23-14-10-15-26(22(23)16-19(2)3)33-20-12-8-7-9-13-20/h6-15,19,21,24-25,27H,16-18H2,1-5H3/b11-6+/t21-,24+,25+,27+/m1/s1. The molecule has 0 spiro atoms. The SMILES string of the molecule is C/C=C/[C@H]1[C@@H]([C@@H]2COC(C)(C)O2)OC[C@@H]1Oc1cccc([Si]c2ccccc2)c1CC(C)C. The Hall–Kier alpha value is -1.92. The van der Waals surface area contributed by atoms with Gasteiger partial charge in [0.05, 0.1) is 19.3 Å². The Morgan fingerprint density at radius 2 is 1.88 bits per heavy atom. The first-order valence-electron chi connectivity index (χ1n) is 12.0. The molecule has 2 aliphatic rings. The Morgan fingerprint density at radius 1 is 1.09 bits per heavy atom. The van der Waals surface area contributed by atoms with Crippen LogP contribution >= 0.6 is 0 Å². The maximum atomic E-state index is 6.72. The van der Waals surface area contributed by atoms with Crippen molar-refractivity contribution in [1.82, 2.24) is 0 Å². The summed E-state index contributed by atoms with van der Waals surface area (Å²) >= 11 is 0. The first-order valence-corrected chi connectivity index (χ1v) is 13.0. The van der Waals surface area contributed by atoms with E-state index in [1.807, 2.05) is 20.8 Å². The van der Waals surface area contributed by atoms with Crippen molar-refractivity contribution in [2.45, 2.75) is 65.1 Å². The van der Waals surface area contributed by atoms with E-state index in [0.717, 1.165) is 12.2 Å². The summed E-state index contributed by atoms with van der Waals surface area (Å²) in [6.45, 7) is 11.6. The van der Waals surface area contributed by atoms with Crippen molar-refractivity contribution in [3.63, 3.8) is 0 Å². The summed E-state index contributed by atoms with van der Waals surface area (Å²) in [6, 6.07) is 17.2. The van der Waals surface area contributed by atoms with Crippen LogP contribution in [0.25, 0.3) is 0 Å². The highest BCUT2D eigenvalue weighted by Crippen LogP contribution is 2.35. The van der Waals surface area contributed by atoms with Gasteiger partial charge in [-0.25, -0.2) is 0 Å². The van der Waals surface area contributed by atoms with E-state index in [4.69, 9.17) is 18.9 Å². The third kappa shape index (κ3) is 5.96. The number of allylic oxidation sites excluding steroid dienone is 1. The van der Waals surface area contributed by atoms with Crippen LogP contribution in [0, 0.1) is 11.8 Å². The molecule has 5 heteroatoms. The van der Waals surface area contributed by atoms with Crippen LogP contribution in [0.2, 0.25) is 0 Å². The summed E-state index contributed by atoms with van der Waals surface area (Å²) in [5.41, 5.74) is 1.32. The van der Waals surface area contributed by atoms with E-state index in [1.54, 1.807) is 0 Å². The van der Waals surface area contributed by atoms with Crippen molar-refractivity contribution in [2.75, 3.05) is 13.2 Å². The molecule has 4 atom stereocenters. The highest BCUT2D eigenvalue weighted by Gasteiger charge is 2.47. The minimum atomic E-state index is -0.565. The van der Waals surface area contributed by atoms with E-state index in [9.17, 15) is 0 Å². The van der Waals surface area contributed by atoms with Crippen molar-refractivity contribution in [2.24, 2.45) is 11.8 Å². The molecule has 4 nitrogen and oxygen atoms in total. The van der Waals surface area contributed by atoms with Crippen LogP contribution < -0.4 is 15.1 Å². The van der Waals surface area contributed by atoms with Gasteiger partial charge in [-0.3, -0.25) is 0 Å². The van der Waals surface area contributed by atoms with Crippen LogP contribution in [-0.2, 0) is 20.6 Å². The topological polar surface area (TPSA) is 36.9 Å². The Labute approximate surface area is 201 Å². The van der Waals surface area contributed by atoms with Crippen LogP contribution in [0.5, 0.6) is 5.75 Å². The van der Waals surface area contributed by atoms with Gasteiger partial charge in [-0.1, -0.05) is 78.8 Å². The van der Waals surface area contributed by atoms with Gasteiger partial charge in [0, 0.05) is 5.92 Å². The van der Waals surface area contributed by atoms with E-state index < -0.39 is 5.79 Å². The third-order valence-corrected chi connectivity index (χ3v) is 7.51. The Bertz CT molecular complexity index is 940. The average molecular weight is 465 g/mol. The van der Waals surface area contributed by atoms with Crippen molar-refractivity contribution in [3.8, 4) is 5.75 Å². The summed E-state index contributed by atoms with van der Waals surface area (Å²) in [5, 5.41) is 2.71. The van der Waals surface area contributed by atoms with Gasteiger partial charge in [-0.2, -0.15) is 0 Å². The lowest BCUT2D eigenvalue weighted by atomic mass is 9.94. The monoisotopic (exact) mass is 464 g/mol.